The Morgan fingerprint density at radius 3 is 2.67 bits per heavy atom. The Hall–Kier alpha value is -2.81. The Labute approximate surface area is 256 Å². The lowest BCUT2D eigenvalue weighted by Crippen LogP contribution is -2.58. The van der Waals surface area contributed by atoms with E-state index >= 15 is 0 Å². The first-order chi connectivity index (χ1) is 20.2. The van der Waals surface area contributed by atoms with Gasteiger partial charge in [-0.3, -0.25) is 14.4 Å². The highest BCUT2D eigenvalue weighted by atomic mass is 35.5. The van der Waals surface area contributed by atoms with Crippen LogP contribution in [0.25, 0.3) is 0 Å². The summed E-state index contributed by atoms with van der Waals surface area (Å²) in [5.41, 5.74) is 0.505. The summed E-state index contributed by atoms with van der Waals surface area (Å²) in [7, 11) is 0. The molecule has 7 nitrogen and oxygen atoms in total. The second-order valence-electron chi connectivity index (χ2n) is 12.2. The van der Waals surface area contributed by atoms with Crippen LogP contribution < -0.4 is 10.6 Å². The summed E-state index contributed by atoms with van der Waals surface area (Å²) in [6.45, 7) is 4.76. The van der Waals surface area contributed by atoms with Crippen molar-refractivity contribution in [3.63, 3.8) is 0 Å². The fourth-order valence-electron chi connectivity index (χ4n) is 7.38. The number of halogens is 1. The number of fused-ring (bicyclic) bond motifs is 1. The van der Waals surface area contributed by atoms with Gasteiger partial charge < -0.3 is 20.3 Å². The topological polar surface area (TPSA) is 87.7 Å². The Bertz CT molecular complexity index is 1400. The van der Waals surface area contributed by atoms with Gasteiger partial charge in [-0.1, -0.05) is 68.6 Å². The van der Waals surface area contributed by atoms with Crippen LogP contribution in [0.1, 0.15) is 38.7 Å². The van der Waals surface area contributed by atoms with Crippen molar-refractivity contribution in [2.24, 2.45) is 23.7 Å². The monoisotopic (exact) mass is 607 g/mol. The van der Waals surface area contributed by atoms with Gasteiger partial charge in [0.1, 0.15) is 11.6 Å². The molecule has 9 heteroatoms. The number of hydrogen-bond acceptors (Lipinski definition) is 5. The molecule has 6 rings (SSSR count). The predicted molar refractivity (Wildman–Crippen MR) is 165 cm³/mol. The van der Waals surface area contributed by atoms with E-state index in [0.717, 1.165) is 29.7 Å². The number of likely N-dealkylation sites (tertiary alicyclic amines) is 1. The van der Waals surface area contributed by atoms with Crippen molar-refractivity contribution in [2.45, 2.75) is 68.2 Å². The quantitative estimate of drug-likeness (QED) is 0.313. The molecule has 2 N–H and O–H groups in total. The van der Waals surface area contributed by atoms with Gasteiger partial charge >= 0.3 is 0 Å². The summed E-state index contributed by atoms with van der Waals surface area (Å²) >= 11 is 7.68. The minimum absolute atomic E-state index is 0.0373. The number of anilines is 1. The third-order valence-corrected chi connectivity index (χ3v) is 10.8. The zero-order chi connectivity index (χ0) is 29.6. The van der Waals surface area contributed by atoms with Gasteiger partial charge in [0.25, 0.3) is 0 Å². The van der Waals surface area contributed by atoms with E-state index in [0.29, 0.717) is 35.5 Å². The third kappa shape index (κ3) is 5.16. The molecule has 3 heterocycles. The highest BCUT2D eigenvalue weighted by molar-refractivity contribution is 7.98. The van der Waals surface area contributed by atoms with Gasteiger partial charge in [-0.05, 0) is 66.8 Å². The Morgan fingerprint density at radius 2 is 1.90 bits per heavy atom. The molecule has 1 spiro atoms. The van der Waals surface area contributed by atoms with Gasteiger partial charge in [-0.2, -0.15) is 0 Å². The van der Waals surface area contributed by atoms with E-state index in [1.807, 2.05) is 66.9 Å². The van der Waals surface area contributed by atoms with E-state index in [-0.39, 0.29) is 23.8 Å². The first kappa shape index (κ1) is 29.3. The molecule has 222 valence electrons. The molecule has 1 saturated carbocycles. The van der Waals surface area contributed by atoms with Crippen molar-refractivity contribution < 1.29 is 19.1 Å². The normalized spacial score (nSPS) is 33.1. The van der Waals surface area contributed by atoms with Gasteiger partial charge in [0.05, 0.1) is 17.9 Å². The molecular weight excluding hydrogens is 570 g/mol. The second-order valence-corrected chi connectivity index (χ2v) is 13.5. The predicted octanol–water partition coefficient (Wildman–Crippen LogP) is 5.33. The lowest BCUT2D eigenvalue weighted by Gasteiger charge is -2.38. The van der Waals surface area contributed by atoms with Crippen molar-refractivity contribution in [3.8, 4) is 0 Å². The maximum absolute atomic E-state index is 14.3. The molecule has 0 unspecified atom stereocenters. The SMILES string of the molecule is CSc1cccc(NC(=O)[C@@H]2[C@@H]3C=C[C@]4(O3)[C@@H]2C(=O)N(CCc2ccc(Cl)cc2)[C@H]4C(=O)N[C@@H]2CCC[C@H](C)[C@H]2C)c1. The van der Waals surface area contributed by atoms with Gasteiger partial charge in [0.15, 0.2) is 0 Å². The summed E-state index contributed by atoms with van der Waals surface area (Å²) in [6.07, 6.45) is 8.83. The van der Waals surface area contributed by atoms with E-state index < -0.39 is 29.6 Å². The van der Waals surface area contributed by atoms with Gasteiger partial charge in [0, 0.05) is 28.2 Å². The standard InChI is InChI=1S/C33H38ClN3O4S/c1-19-6-4-9-25(20(19)2)36-31(39)29-33-16-14-26(41-33)27(30(38)35-23-7-5-8-24(18-23)42-3)28(33)32(40)37(29)17-15-21-10-12-22(34)13-11-21/h5,7-8,10-14,16,18-20,25-29H,4,6,9,15,17H2,1-3H3,(H,35,38)(H,36,39)/t19-,20+,25+,26-,27+,28-,29-,33-/m0/s1. The van der Waals surface area contributed by atoms with Crippen LogP contribution >= 0.6 is 23.4 Å². The molecule has 3 aliphatic heterocycles. The molecule has 2 saturated heterocycles. The van der Waals surface area contributed by atoms with Gasteiger partial charge in [-0.25, -0.2) is 0 Å². The lowest BCUT2D eigenvalue weighted by atomic mass is 9.73. The molecule has 8 atom stereocenters. The number of thioether (sulfide) groups is 1. The summed E-state index contributed by atoms with van der Waals surface area (Å²) in [5, 5.41) is 6.98. The number of hydrogen-bond donors (Lipinski definition) is 2. The highest BCUT2D eigenvalue weighted by Crippen LogP contribution is 2.55. The van der Waals surface area contributed by atoms with Crippen molar-refractivity contribution in [2.75, 3.05) is 18.1 Å². The number of amides is 3. The number of benzene rings is 2. The van der Waals surface area contributed by atoms with Gasteiger partial charge in [0.2, 0.25) is 17.7 Å². The molecule has 42 heavy (non-hydrogen) atoms. The van der Waals surface area contributed by atoms with Crippen molar-refractivity contribution in [1.29, 1.82) is 0 Å². The number of carbonyl (C=O) groups excluding carboxylic acids is 3. The van der Waals surface area contributed by atoms with Crippen molar-refractivity contribution in [3.05, 3.63) is 71.3 Å². The van der Waals surface area contributed by atoms with Crippen LogP contribution in [0.15, 0.2) is 65.6 Å². The summed E-state index contributed by atoms with van der Waals surface area (Å²) in [5.74, 6) is -1.34. The first-order valence-corrected chi connectivity index (χ1v) is 16.5. The number of rotatable bonds is 8. The van der Waals surface area contributed by atoms with Crippen LogP contribution in [0.4, 0.5) is 5.69 Å². The fourth-order valence-corrected chi connectivity index (χ4v) is 7.97. The third-order valence-electron chi connectivity index (χ3n) is 9.85. The molecule has 3 amide bonds. The molecule has 1 aliphatic carbocycles. The zero-order valence-corrected chi connectivity index (χ0v) is 25.8. The molecular formula is C33H38ClN3O4S. The number of nitrogens with one attached hydrogen (secondary N) is 2. The van der Waals surface area contributed by atoms with Crippen LogP contribution in [0.2, 0.25) is 5.02 Å². The van der Waals surface area contributed by atoms with E-state index in [4.69, 9.17) is 16.3 Å². The molecule has 4 aliphatic rings. The Kier molecular flexibility index (Phi) is 8.15. The van der Waals surface area contributed by atoms with Crippen molar-refractivity contribution in [1.82, 2.24) is 10.2 Å². The second kappa shape index (κ2) is 11.7. The Balaban J connectivity index is 1.29. The summed E-state index contributed by atoms with van der Waals surface area (Å²) in [6, 6.07) is 14.3. The van der Waals surface area contributed by atoms with Crippen LogP contribution in [-0.4, -0.2) is 59.2 Å². The van der Waals surface area contributed by atoms with E-state index in [2.05, 4.69) is 24.5 Å². The minimum Gasteiger partial charge on any atom is -0.359 e. The fraction of sp³-hybridized carbons (Fsp3) is 0.485. The molecule has 3 fully saturated rings. The minimum atomic E-state index is -1.18. The van der Waals surface area contributed by atoms with Crippen molar-refractivity contribution >= 4 is 46.8 Å². The average molecular weight is 608 g/mol. The Morgan fingerprint density at radius 1 is 1.12 bits per heavy atom. The van der Waals surface area contributed by atoms with Crippen LogP contribution in [0.5, 0.6) is 0 Å². The number of carbonyl (C=O) groups is 3. The summed E-state index contributed by atoms with van der Waals surface area (Å²) in [4.78, 5) is 44.9. The smallest absolute Gasteiger partial charge is 0.246 e. The van der Waals surface area contributed by atoms with Crippen LogP contribution in [-0.2, 0) is 25.5 Å². The largest absolute Gasteiger partial charge is 0.359 e. The maximum atomic E-state index is 14.3. The number of nitrogens with zero attached hydrogens (tertiary/aromatic N) is 1. The molecule has 0 radical (unpaired) electrons. The van der Waals surface area contributed by atoms with E-state index in [1.165, 1.54) is 0 Å². The molecule has 2 aromatic rings. The summed E-state index contributed by atoms with van der Waals surface area (Å²) < 4.78 is 6.52. The average Bonchev–Trinajstić information content (AvgIpc) is 3.62. The first-order valence-electron chi connectivity index (χ1n) is 14.9. The number of ether oxygens (including phenoxy) is 1. The molecule has 0 aromatic heterocycles. The maximum Gasteiger partial charge on any atom is 0.246 e. The highest BCUT2D eigenvalue weighted by Gasteiger charge is 2.72. The zero-order valence-electron chi connectivity index (χ0n) is 24.2. The molecule has 2 bridgehead atoms. The lowest BCUT2D eigenvalue weighted by molar-refractivity contribution is -0.141. The van der Waals surface area contributed by atoms with E-state index in [9.17, 15) is 14.4 Å². The molecule has 2 aromatic carbocycles. The van der Waals surface area contributed by atoms with Gasteiger partial charge in [-0.15, -0.1) is 11.8 Å². The van der Waals surface area contributed by atoms with Crippen LogP contribution in [0.3, 0.4) is 0 Å². The van der Waals surface area contributed by atoms with Crippen LogP contribution in [0, 0.1) is 23.7 Å². The van der Waals surface area contributed by atoms with E-state index in [1.54, 1.807) is 16.7 Å².